The van der Waals surface area contributed by atoms with Crippen molar-refractivity contribution >= 4 is 34.6 Å². The SMILES string of the molecule is O=C(CCCCCC12CC(Cn3nc(Cl)c4ccccc43)(C1)C2)N1N=CCC1c1cc(F)cc(F)c1. The second-order valence-electron chi connectivity index (χ2n) is 11.0. The van der Waals surface area contributed by atoms with Gasteiger partial charge < -0.3 is 0 Å². The number of aromatic nitrogens is 2. The Morgan fingerprint density at radius 3 is 2.56 bits per heavy atom. The molecule has 2 bridgehead atoms. The molecule has 188 valence electrons. The van der Waals surface area contributed by atoms with Crippen molar-refractivity contribution < 1.29 is 13.6 Å². The molecule has 3 aliphatic carbocycles. The number of hydrazone groups is 1. The molecule has 2 heterocycles. The van der Waals surface area contributed by atoms with Gasteiger partial charge in [-0.05, 0) is 72.8 Å². The molecule has 2 aromatic carbocycles. The van der Waals surface area contributed by atoms with Crippen molar-refractivity contribution in [1.82, 2.24) is 14.8 Å². The van der Waals surface area contributed by atoms with Crippen LogP contribution < -0.4 is 0 Å². The molecule has 1 unspecified atom stereocenters. The number of para-hydroxylation sites is 1. The highest BCUT2D eigenvalue weighted by molar-refractivity contribution is 6.34. The molecule has 0 radical (unpaired) electrons. The van der Waals surface area contributed by atoms with Gasteiger partial charge in [-0.1, -0.05) is 36.6 Å². The number of amides is 1. The van der Waals surface area contributed by atoms with Crippen molar-refractivity contribution in [3.05, 3.63) is 64.8 Å². The number of benzene rings is 2. The molecule has 3 fully saturated rings. The lowest BCUT2D eigenvalue weighted by Crippen LogP contribution is -2.63. The van der Waals surface area contributed by atoms with Crippen molar-refractivity contribution in [3.8, 4) is 0 Å². The van der Waals surface area contributed by atoms with Crippen LogP contribution in [0.2, 0.25) is 5.15 Å². The average Bonchev–Trinajstić information content (AvgIpc) is 3.41. The molecule has 8 heteroatoms. The molecule has 0 N–H and O–H groups in total. The van der Waals surface area contributed by atoms with E-state index in [2.05, 4.69) is 20.9 Å². The van der Waals surface area contributed by atoms with Crippen LogP contribution in [0.25, 0.3) is 10.9 Å². The second kappa shape index (κ2) is 8.94. The van der Waals surface area contributed by atoms with E-state index in [9.17, 15) is 13.6 Å². The first kappa shape index (κ1) is 23.6. The standard InChI is InChI=1S/C28H29ClF2N4O/c29-26-22-6-3-4-7-24(22)34(33-26)18-28-15-27(16-28,17-28)10-5-1-2-8-25(36)35-23(9-11-32-35)19-12-20(30)14-21(31)13-19/h3-4,6-7,11-14,23H,1-2,5,8-10,15-18H2. The van der Waals surface area contributed by atoms with Crippen LogP contribution >= 0.6 is 11.6 Å². The maximum absolute atomic E-state index is 13.6. The van der Waals surface area contributed by atoms with Crippen LogP contribution in [0.5, 0.6) is 0 Å². The van der Waals surface area contributed by atoms with Gasteiger partial charge in [0.15, 0.2) is 5.15 Å². The molecule has 1 aromatic heterocycles. The maximum atomic E-state index is 13.6. The minimum absolute atomic E-state index is 0.0898. The maximum Gasteiger partial charge on any atom is 0.243 e. The molecule has 3 saturated carbocycles. The highest BCUT2D eigenvalue weighted by Gasteiger charge is 2.66. The third-order valence-corrected chi connectivity index (χ3v) is 8.58. The van der Waals surface area contributed by atoms with Crippen molar-refractivity contribution in [3.63, 3.8) is 0 Å². The number of unbranched alkanes of at least 4 members (excludes halogenated alkanes) is 2. The van der Waals surface area contributed by atoms with Gasteiger partial charge >= 0.3 is 0 Å². The summed E-state index contributed by atoms with van der Waals surface area (Å²) in [6.07, 6.45) is 10.4. The van der Waals surface area contributed by atoms with E-state index in [1.807, 2.05) is 18.2 Å². The summed E-state index contributed by atoms with van der Waals surface area (Å²) in [6, 6.07) is 11.1. The van der Waals surface area contributed by atoms with Gasteiger partial charge in [-0.2, -0.15) is 10.2 Å². The lowest BCUT2D eigenvalue weighted by molar-refractivity contribution is -0.216. The Morgan fingerprint density at radius 1 is 1.03 bits per heavy atom. The van der Waals surface area contributed by atoms with Gasteiger partial charge in [0.1, 0.15) is 11.6 Å². The first-order valence-electron chi connectivity index (χ1n) is 12.8. The fraction of sp³-hybridized carbons (Fsp3) is 0.464. The highest BCUT2D eigenvalue weighted by atomic mass is 35.5. The third-order valence-electron chi connectivity index (χ3n) is 8.30. The van der Waals surface area contributed by atoms with Gasteiger partial charge in [-0.15, -0.1) is 0 Å². The Kier molecular flexibility index (Phi) is 5.86. The summed E-state index contributed by atoms with van der Waals surface area (Å²) >= 11 is 6.32. The van der Waals surface area contributed by atoms with E-state index in [0.29, 0.717) is 34.4 Å². The number of hydrogen-bond donors (Lipinski definition) is 0. The summed E-state index contributed by atoms with van der Waals surface area (Å²) in [7, 11) is 0. The minimum Gasteiger partial charge on any atom is -0.273 e. The molecular formula is C28H29ClF2N4O. The smallest absolute Gasteiger partial charge is 0.243 e. The van der Waals surface area contributed by atoms with Crippen LogP contribution in [0.15, 0.2) is 47.6 Å². The van der Waals surface area contributed by atoms with Crippen LogP contribution in [0.4, 0.5) is 8.78 Å². The second-order valence-corrected chi connectivity index (χ2v) is 11.4. The summed E-state index contributed by atoms with van der Waals surface area (Å²) in [6.45, 7) is 0.934. The van der Waals surface area contributed by atoms with Crippen LogP contribution in [-0.4, -0.2) is 26.9 Å². The largest absolute Gasteiger partial charge is 0.273 e. The lowest BCUT2D eigenvalue weighted by Gasteiger charge is -2.71. The number of rotatable bonds is 9. The molecule has 36 heavy (non-hydrogen) atoms. The Morgan fingerprint density at radius 2 is 1.78 bits per heavy atom. The van der Waals surface area contributed by atoms with E-state index in [1.165, 1.54) is 42.8 Å². The fourth-order valence-electron chi connectivity index (χ4n) is 6.96. The normalized spacial score (nSPS) is 26.3. The summed E-state index contributed by atoms with van der Waals surface area (Å²) in [4.78, 5) is 12.8. The van der Waals surface area contributed by atoms with Gasteiger partial charge in [-0.3, -0.25) is 9.48 Å². The summed E-state index contributed by atoms with van der Waals surface area (Å²) in [5.41, 5.74) is 2.40. The number of nitrogens with zero attached hydrogens (tertiary/aromatic N) is 4. The number of fused-ring (bicyclic) bond motifs is 1. The molecule has 7 rings (SSSR count). The summed E-state index contributed by atoms with van der Waals surface area (Å²) < 4.78 is 29.3. The van der Waals surface area contributed by atoms with E-state index in [1.54, 1.807) is 6.21 Å². The minimum atomic E-state index is -0.638. The van der Waals surface area contributed by atoms with Crippen molar-refractivity contribution in [2.24, 2.45) is 15.9 Å². The monoisotopic (exact) mass is 510 g/mol. The van der Waals surface area contributed by atoms with Gasteiger partial charge in [0, 0.05) is 37.1 Å². The van der Waals surface area contributed by atoms with E-state index >= 15 is 0 Å². The zero-order valence-electron chi connectivity index (χ0n) is 20.1. The lowest BCUT2D eigenvalue weighted by atomic mass is 9.34. The molecule has 0 spiro atoms. The van der Waals surface area contributed by atoms with Crippen LogP contribution in [0.3, 0.4) is 0 Å². The van der Waals surface area contributed by atoms with Crippen LogP contribution in [-0.2, 0) is 11.3 Å². The predicted octanol–water partition coefficient (Wildman–Crippen LogP) is 7.05. The fourth-order valence-corrected chi connectivity index (χ4v) is 7.21. The molecular weight excluding hydrogens is 482 g/mol. The Hall–Kier alpha value is -2.80. The summed E-state index contributed by atoms with van der Waals surface area (Å²) in [5, 5.41) is 11.7. The number of carbonyl (C=O) groups is 1. The Labute approximate surface area is 214 Å². The Bertz CT molecular complexity index is 1310. The zero-order chi connectivity index (χ0) is 24.9. The Balaban J connectivity index is 0.939. The van der Waals surface area contributed by atoms with E-state index in [0.717, 1.165) is 42.8 Å². The molecule has 1 amide bonds. The molecule has 0 saturated heterocycles. The average molecular weight is 511 g/mol. The van der Waals surface area contributed by atoms with Gasteiger partial charge in [0.25, 0.3) is 0 Å². The molecule has 4 aliphatic rings. The van der Waals surface area contributed by atoms with Crippen molar-refractivity contribution in [1.29, 1.82) is 0 Å². The van der Waals surface area contributed by atoms with Gasteiger partial charge in [0.2, 0.25) is 5.91 Å². The third kappa shape index (κ3) is 4.21. The highest BCUT2D eigenvalue weighted by Crippen LogP contribution is 2.75. The quantitative estimate of drug-likeness (QED) is 0.290. The van der Waals surface area contributed by atoms with E-state index in [4.69, 9.17) is 11.6 Å². The van der Waals surface area contributed by atoms with Gasteiger partial charge in [-0.25, -0.2) is 13.8 Å². The van der Waals surface area contributed by atoms with Crippen LogP contribution in [0.1, 0.15) is 69.4 Å². The van der Waals surface area contributed by atoms with E-state index in [-0.39, 0.29) is 5.91 Å². The van der Waals surface area contributed by atoms with Crippen molar-refractivity contribution in [2.45, 2.75) is 70.4 Å². The van der Waals surface area contributed by atoms with Gasteiger partial charge in [0.05, 0.1) is 11.6 Å². The first-order valence-corrected chi connectivity index (χ1v) is 13.1. The van der Waals surface area contributed by atoms with Crippen LogP contribution in [0, 0.1) is 22.5 Å². The molecule has 1 atom stereocenters. The number of hydrogen-bond acceptors (Lipinski definition) is 3. The number of halogens is 3. The van der Waals surface area contributed by atoms with Crippen molar-refractivity contribution in [2.75, 3.05) is 0 Å². The topological polar surface area (TPSA) is 50.5 Å². The summed E-state index contributed by atoms with van der Waals surface area (Å²) in [5.74, 6) is -1.36. The molecule has 1 aliphatic heterocycles. The predicted molar refractivity (Wildman–Crippen MR) is 136 cm³/mol. The zero-order valence-corrected chi connectivity index (χ0v) is 20.9. The molecule has 5 nitrogen and oxygen atoms in total. The van der Waals surface area contributed by atoms with E-state index < -0.39 is 17.7 Å². The molecule has 3 aromatic rings. The first-order chi connectivity index (χ1) is 17.4. The number of carbonyl (C=O) groups excluding carboxylic acids is 1.